The second kappa shape index (κ2) is 8.37. The number of thiophene rings is 1. The summed E-state index contributed by atoms with van der Waals surface area (Å²) >= 11 is 8.78. The number of aryl methyl sites for hydroxylation is 1. The number of hydrogen-bond acceptors (Lipinski definition) is 4. The van der Waals surface area contributed by atoms with Crippen LogP contribution in [0, 0.1) is 6.92 Å². The van der Waals surface area contributed by atoms with Gasteiger partial charge < -0.3 is 10.6 Å². The Bertz CT molecular complexity index is 793. The average Bonchev–Trinajstić information content (AvgIpc) is 3.23. The maximum atomic E-state index is 5.34. The first-order valence-electron chi connectivity index (χ1n) is 7.77. The van der Waals surface area contributed by atoms with Crippen molar-refractivity contribution in [1.82, 2.24) is 15.6 Å². The largest absolute Gasteiger partial charge is 0.362 e. The normalized spacial score (nSPS) is 10.5. The molecule has 24 heavy (non-hydrogen) atoms. The van der Waals surface area contributed by atoms with Crippen molar-refractivity contribution in [2.45, 2.75) is 19.9 Å². The second-order valence-electron chi connectivity index (χ2n) is 5.36. The average molecular weight is 374 g/mol. The van der Waals surface area contributed by atoms with Crippen molar-refractivity contribution < 1.29 is 0 Å². The molecule has 124 valence electrons. The summed E-state index contributed by atoms with van der Waals surface area (Å²) < 4.78 is 0. The number of nitrogens with zero attached hydrogens (tertiary/aromatic N) is 1. The molecule has 0 saturated carbocycles. The van der Waals surface area contributed by atoms with E-state index in [2.05, 4.69) is 57.4 Å². The number of aromatic nitrogens is 1. The Morgan fingerprint density at radius 3 is 2.71 bits per heavy atom. The molecule has 3 nitrogen and oxygen atoms in total. The number of rotatable bonds is 6. The molecule has 0 saturated heterocycles. The highest BCUT2D eigenvalue weighted by Gasteiger charge is 2.06. The Morgan fingerprint density at radius 1 is 1.12 bits per heavy atom. The molecule has 0 radical (unpaired) electrons. The third kappa shape index (κ3) is 4.87. The van der Waals surface area contributed by atoms with Gasteiger partial charge in [0.2, 0.25) is 0 Å². The lowest BCUT2D eigenvalue weighted by Gasteiger charge is -2.09. The van der Waals surface area contributed by atoms with Crippen LogP contribution in [0.5, 0.6) is 0 Å². The van der Waals surface area contributed by atoms with Crippen LogP contribution in [0.25, 0.3) is 10.6 Å². The zero-order chi connectivity index (χ0) is 16.8. The highest BCUT2D eigenvalue weighted by atomic mass is 32.1. The minimum absolute atomic E-state index is 0.699. The molecule has 0 fully saturated rings. The van der Waals surface area contributed by atoms with Gasteiger partial charge in [0.1, 0.15) is 0 Å². The van der Waals surface area contributed by atoms with Gasteiger partial charge in [-0.3, -0.25) is 0 Å². The van der Waals surface area contributed by atoms with Crippen LogP contribution in [0.1, 0.15) is 15.4 Å². The van der Waals surface area contributed by atoms with Gasteiger partial charge in [-0.2, -0.15) is 0 Å². The van der Waals surface area contributed by atoms with E-state index in [1.54, 1.807) is 22.7 Å². The van der Waals surface area contributed by atoms with E-state index in [4.69, 9.17) is 12.2 Å². The molecule has 2 aromatic heterocycles. The summed E-state index contributed by atoms with van der Waals surface area (Å²) in [5, 5.41) is 10.4. The molecule has 0 aliphatic carbocycles. The van der Waals surface area contributed by atoms with Crippen LogP contribution < -0.4 is 10.6 Å². The molecule has 0 bridgehead atoms. The highest BCUT2D eigenvalue weighted by molar-refractivity contribution is 7.80. The van der Waals surface area contributed by atoms with Gasteiger partial charge >= 0.3 is 0 Å². The van der Waals surface area contributed by atoms with Gasteiger partial charge in [-0.15, -0.1) is 22.7 Å². The SMILES string of the molecule is Cc1nc(-c2ccc(CNC(=S)NCCc3ccccc3)s2)cs1. The molecule has 2 N–H and O–H groups in total. The molecule has 3 rings (SSSR count). The van der Waals surface area contributed by atoms with Crippen molar-refractivity contribution in [2.24, 2.45) is 0 Å². The fourth-order valence-corrected chi connectivity index (χ4v) is 4.05. The van der Waals surface area contributed by atoms with Crippen LogP contribution in [0.3, 0.4) is 0 Å². The molecule has 0 atom stereocenters. The van der Waals surface area contributed by atoms with E-state index in [1.807, 2.05) is 13.0 Å². The third-order valence-corrected chi connectivity index (χ3v) is 5.67. The summed E-state index contributed by atoms with van der Waals surface area (Å²) in [5.74, 6) is 0. The van der Waals surface area contributed by atoms with Gasteiger partial charge in [0.15, 0.2) is 5.11 Å². The van der Waals surface area contributed by atoms with Crippen molar-refractivity contribution in [3.8, 4) is 10.6 Å². The lowest BCUT2D eigenvalue weighted by molar-refractivity contribution is 0.819. The topological polar surface area (TPSA) is 37.0 Å². The molecular weight excluding hydrogens is 354 g/mol. The first-order chi connectivity index (χ1) is 11.7. The lowest BCUT2D eigenvalue weighted by atomic mass is 10.1. The van der Waals surface area contributed by atoms with Crippen molar-refractivity contribution >= 4 is 40.0 Å². The molecule has 6 heteroatoms. The van der Waals surface area contributed by atoms with Crippen molar-refractivity contribution in [3.05, 3.63) is 63.3 Å². The molecule has 0 spiro atoms. The summed E-state index contributed by atoms with van der Waals surface area (Å²) in [5.41, 5.74) is 2.38. The van der Waals surface area contributed by atoms with Gasteiger partial charge in [-0.05, 0) is 43.3 Å². The molecular formula is C18H19N3S3. The molecule has 0 aliphatic heterocycles. The van der Waals surface area contributed by atoms with Crippen molar-refractivity contribution in [3.63, 3.8) is 0 Å². The van der Waals surface area contributed by atoms with E-state index in [-0.39, 0.29) is 0 Å². The number of nitrogens with one attached hydrogen (secondary N) is 2. The van der Waals surface area contributed by atoms with Crippen LogP contribution in [-0.4, -0.2) is 16.6 Å². The predicted molar refractivity (Wildman–Crippen MR) is 108 cm³/mol. The Morgan fingerprint density at radius 2 is 1.96 bits per heavy atom. The smallest absolute Gasteiger partial charge is 0.166 e. The number of thiazole rings is 1. The van der Waals surface area contributed by atoms with Crippen molar-refractivity contribution in [2.75, 3.05) is 6.54 Å². The standard InChI is InChI=1S/C18H19N3S3/c1-13-21-16(12-23-13)17-8-7-15(24-17)11-20-18(22)19-10-9-14-5-3-2-4-6-14/h2-8,12H,9-11H2,1H3,(H2,19,20,22). The molecule has 3 aromatic rings. The van der Waals surface area contributed by atoms with Gasteiger partial charge in [0.25, 0.3) is 0 Å². The van der Waals surface area contributed by atoms with E-state index in [0.29, 0.717) is 5.11 Å². The zero-order valence-corrected chi connectivity index (χ0v) is 15.9. The minimum Gasteiger partial charge on any atom is -0.362 e. The number of benzene rings is 1. The molecule has 0 unspecified atom stereocenters. The highest BCUT2D eigenvalue weighted by Crippen LogP contribution is 2.28. The van der Waals surface area contributed by atoms with E-state index >= 15 is 0 Å². The predicted octanol–water partition coefficient (Wildman–Crippen LogP) is 4.39. The summed E-state index contributed by atoms with van der Waals surface area (Å²) in [6, 6.07) is 14.7. The van der Waals surface area contributed by atoms with Gasteiger partial charge in [-0.25, -0.2) is 4.98 Å². The summed E-state index contributed by atoms with van der Waals surface area (Å²) in [6.45, 7) is 3.61. The van der Waals surface area contributed by atoms with Crippen LogP contribution in [0.4, 0.5) is 0 Å². The van der Waals surface area contributed by atoms with Gasteiger partial charge in [0.05, 0.1) is 22.1 Å². The first kappa shape index (κ1) is 17.1. The fourth-order valence-electron chi connectivity index (χ4n) is 2.28. The van der Waals surface area contributed by atoms with E-state index in [0.717, 1.165) is 30.2 Å². The minimum atomic E-state index is 0.699. The quantitative estimate of drug-likeness (QED) is 0.629. The van der Waals surface area contributed by atoms with Crippen LogP contribution in [-0.2, 0) is 13.0 Å². The van der Waals surface area contributed by atoms with Crippen LogP contribution in [0.2, 0.25) is 0 Å². The molecule has 0 aliphatic rings. The first-order valence-corrected chi connectivity index (χ1v) is 9.88. The van der Waals surface area contributed by atoms with E-state index < -0.39 is 0 Å². The molecule has 2 heterocycles. The third-order valence-electron chi connectivity index (χ3n) is 3.50. The van der Waals surface area contributed by atoms with Crippen LogP contribution in [0.15, 0.2) is 47.8 Å². The maximum absolute atomic E-state index is 5.34. The molecule has 1 aromatic carbocycles. The Kier molecular flexibility index (Phi) is 5.96. The summed E-state index contributed by atoms with van der Waals surface area (Å²) in [7, 11) is 0. The Hall–Kier alpha value is -1.76. The Labute approximate surface area is 155 Å². The van der Waals surface area contributed by atoms with E-state index in [1.165, 1.54) is 15.3 Å². The number of hydrogen-bond donors (Lipinski definition) is 2. The summed E-state index contributed by atoms with van der Waals surface area (Å²) in [4.78, 5) is 6.99. The van der Waals surface area contributed by atoms with Gasteiger partial charge in [-0.1, -0.05) is 30.3 Å². The monoisotopic (exact) mass is 373 g/mol. The summed E-state index contributed by atoms with van der Waals surface area (Å²) in [6.07, 6.45) is 0.967. The molecule has 0 amide bonds. The van der Waals surface area contributed by atoms with Gasteiger partial charge in [0, 0.05) is 16.8 Å². The van der Waals surface area contributed by atoms with Crippen molar-refractivity contribution in [1.29, 1.82) is 0 Å². The zero-order valence-electron chi connectivity index (χ0n) is 13.4. The number of thiocarbonyl (C=S) groups is 1. The Balaban J connectivity index is 1.42. The van der Waals surface area contributed by atoms with E-state index in [9.17, 15) is 0 Å². The van der Waals surface area contributed by atoms with Crippen LogP contribution >= 0.6 is 34.9 Å². The second-order valence-corrected chi connectivity index (χ2v) is 8.00. The maximum Gasteiger partial charge on any atom is 0.166 e. The lowest BCUT2D eigenvalue weighted by Crippen LogP contribution is -2.35. The fraction of sp³-hybridized carbons (Fsp3) is 0.222.